The minimum Gasteiger partial charge on any atom is -0.478 e. The van der Waals surface area contributed by atoms with Crippen LogP contribution in [0.15, 0.2) is 29.8 Å². The Morgan fingerprint density at radius 3 is 2.81 bits per heavy atom. The lowest BCUT2D eigenvalue weighted by Gasteiger charge is -2.10. The van der Waals surface area contributed by atoms with Crippen molar-refractivity contribution in [2.75, 3.05) is 11.9 Å². The number of carbonyl (C=O) groups is 1. The van der Waals surface area contributed by atoms with Gasteiger partial charge >= 0.3 is 5.97 Å². The summed E-state index contributed by atoms with van der Waals surface area (Å²) in [6, 6.07) is 4.79. The molecule has 3 nitrogen and oxygen atoms in total. The number of anilines is 1. The Morgan fingerprint density at radius 1 is 1.56 bits per heavy atom. The lowest BCUT2D eigenvalue weighted by molar-refractivity contribution is -0.131. The zero-order valence-corrected chi connectivity index (χ0v) is 9.25. The number of rotatable bonds is 4. The maximum atomic E-state index is 13.4. The monoisotopic (exact) mass is 223 g/mol. The normalized spacial score (nSPS) is 11.3. The summed E-state index contributed by atoms with van der Waals surface area (Å²) in [5, 5.41) is 11.4. The van der Waals surface area contributed by atoms with Crippen LogP contribution >= 0.6 is 0 Å². The van der Waals surface area contributed by atoms with Gasteiger partial charge < -0.3 is 10.4 Å². The number of aliphatic carboxylic acids is 1. The SMILES string of the molecule is C/C(=C/C(=O)O)CNc1c(C)cccc1F. The number of hydrogen-bond donors (Lipinski definition) is 2. The molecule has 0 heterocycles. The molecule has 2 N–H and O–H groups in total. The average molecular weight is 223 g/mol. The Labute approximate surface area is 93.6 Å². The van der Waals surface area contributed by atoms with Crippen LogP contribution < -0.4 is 5.32 Å². The topological polar surface area (TPSA) is 49.3 Å². The predicted molar refractivity (Wildman–Crippen MR) is 61.0 cm³/mol. The van der Waals surface area contributed by atoms with Crippen molar-refractivity contribution in [2.24, 2.45) is 0 Å². The van der Waals surface area contributed by atoms with Crippen LogP contribution in [-0.4, -0.2) is 17.6 Å². The molecule has 0 radical (unpaired) electrons. The molecule has 1 aromatic carbocycles. The number of benzene rings is 1. The average Bonchev–Trinajstić information content (AvgIpc) is 2.15. The number of halogens is 1. The molecule has 1 aromatic rings. The lowest BCUT2D eigenvalue weighted by Crippen LogP contribution is -2.07. The second kappa shape index (κ2) is 5.30. The highest BCUT2D eigenvalue weighted by atomic mass is 19.1. The van der Waals surface area contributed by atoms with Gasteiger partial charge in [-0.3, -0.25) is 0 Å². The van der Waals surface area contributed by atoms with Crippen LogP contribution in [0.3, 0.4) is 0 Å². The van der Waals surface area contributed by atoms with Crippen molar-refractivity contribution in [1.82, 2.24) is 0 Å². The van der Waals surface area contributed by atoms with Gasteiger partial charge in [-0.15, -0.1) is 0 Å². The molecule has 0 amide bonds. The highest BCUT2D eigenvalue weighted by molar-refractivity contribution is 5.80. The standard InChI is InChI=1S/C12H14FNO2/c1-8(6-11(15)16)7-14-12-9(2)4-3-5-10(12)13/h3-6,14H,7H2,1-2H3,(H,15,16)/b8-6-. The number of carboxylic acid groups (broad SMARTS) is 1. The van der Waals surface area contributed by atoms with Gasteiger partial charge in [0.2, 0.25) is 0 Å². The number of para-hydroxylation sites is 1. The Hall–Kier alpha value is -1.84. The van der Waals surface area contributed by atoms with Crippen molar-refractivity contribution < 1.29 is 14.3 Å². The highest BCUT2D eigenvalue weighted by Gasteiger charge is 2.04. The van der Waals surface area contributed by atoms with E-state index in [4.69, 9.17) is 5.11 Å². The van der Waals surface area contributed by atoms with E-state index in [1.165, 1.54) is 6.07 Å². The molecule has 0 saturated carbocycles. The molecule has 0 aliphatic heterocycles. The van der Waals surface area contributed by atoms with Gasteiger partial charge in [0, 0.05) is 12.6 Å². The van der Waals surface area contributed by atoms with Crippen LogP contribution in [0.2, 0.25) is 0 Å². The Kier molecular flexibility index (Phi) is 4.05. The Morgan fingerprint density at radius 2 is 2.25 bits per heavy atom. The van der Waals surface area contributed by atoms with Crippen molar-refractivity contribution in [3.63, 3.8) is 0 Å². The first-order valence-corrected chi connectivity index (χ1v) is 4.90. The first kappa shape index (κ1) is 12.2. The molecule has 86 valence electrons. The Bertz CT molecular complexity index is 407. The van der Waals surface area contributed by atoms with E-state index in [-0.39, 0.29) is 5.82 Å². The van der Waals surface area contributed by atoms with Crippen LogP contribution in [-0.2, 0) is 4.79 Å². The van der Waals surface area contributed by atoms with E-state index >= 15 is 0 Å². The maximum Gasteiger partial charge on any atom is 0.328 e. The van der Waals surface area contributed by atoms with Crippen LogP contribution in [0.4, 0.5) is 10.1 Å². The van der Waals surface area contributed by atoms with Crippen LogP contribution in [0, 0.1) is 12.7 Å². The molecule has 1 rings (SSSR count). The van der Waals surface area contributed by atoms with Gasteiger partial charge in [-0.05, 0) is 31.1 Å². The molecule has 0 bridgehead atoms. The van der Waals surface area contributed by atoms with Crippen molar-refractivity contribution in [1.29, 1.82) is 0 Å². The Balaban J connectivity index is 2.72. The van der Waals surface area contributed by atoms with E-state index in [1.54, 1.807) is 26.0 Å². The number of nitrogens with one attached hydrogen (secondary N) is 1. The summed E-state index contributed by atoms with van der Waals surface area (Å²) < 4.78 is 13.4. The minimum atomic E-state index is -0.996. The van der Waals surface area contributed by atoms with Gasteiger partial charge in [-0.1, -0.05) is 12.1 Å². The van der Waals surface area contributed by atoms with Crippen molar-refractivity contribution >= 4 is 11.7 Å². The van der Waals surface area contributed by atoms with Crippen LogP contribution in [0.1, 0.15) is 12.5 Å². The van der Waals surface area contributed by atoms with Crippen molar-refractivity contribution in [2.45, 2.75) is 13.8 Å². The largest absolute Gasteiger partial charge is 0.478 e. The second-order valence-electron chi connectivity index (χ2n) is 3.61. The highest BCUT2D eigenvalue weighted by Crippen LogP contribution is 2.18. The van der Waals surface area contributed by atoms with Gasteiger partial charge in [0.1, 0.15) is 5.82 Å². The predicted octanol–water partition coefficient (Wildman–Crippen LogP) is 2.58. The number of carboxylic acids is 1. The van der Waals surface area contributed by atoms with E-state index in [9.17, 15) is 9.18 Å². The van der Waals surface area contributed by atoms with E-state index in [0.717, 1.165) is 11.6 Å². The van der Waals surface area contributed by atoms with E-state index < -0.39 is 5.97 Å². The first-order chi connectivity index (χ1) is 7.50. The first-order valence-electron chi connectivity index (χ1n) is 4.90. The van der Waals surface area contributed by atoms with E-state index in [1.807, 2.05) is 0 Å². The summed E-state index contributed by atoms with van der Waals surface area (Å²) in [6.45, 7) is 3.78. The number of hydrogen-bond acceptors (Lipinski definition) is 2. The third-order valence-corrected chi connectivity index (χ3v) is 2.14. The zero-order valence-electron chi connectivity index (χ0n) is 9.25. The molecule has 0 atom stereocenters. The fourth-order valence-corrected chi connectivity index (χ4v) is 1.35. The molecule has 0 aromatic heterocycles. The maximum absolute atomic E-state index is 13.4. The molecule has 0 unspecified atom stereocenters. The summed E-state index contributed by atoms with van der Waals surface area (Å²) in [6.07, 6.45) is 1.10. The van der Waals surface area contributed by atoms with Crippen LogP contribution in [0.5, 0.6) is 0 Å². The van der Waals surface area contributed by atoms with Gasteiger partial charge in [0.25, 0.3) is 0 Å². The summed E-state index contributed by atoms with van der Waals surface area (Å²) in [4.78, 5) is 10.4. The minimum absolute atomic E-state index is 0.314. The van der Waals surface area contributed by atoms with Gasteiger partial charge in [-0.2, -0.15) is 0 Å². The van der Waals surface area contributed by atoms with Gasteiger partial charge in [0.15, 0.2) is 0 Å². The smallest absolute Gasteiger partial charge is 0.328 e. The third-order valence-electron chi connectivity index (χ3n) is 2.14. The molecule has 0 spiro atoms. The van der Waals surface area contributed by atoms with E-state index in [0.29, 0.717) is 17.8 Å². The van der Waals surface area contributed by atoms with E-state index in [2.05, 4.69) is 5.32 Å². The third kappa shape index (κ3) is 3.38. The molecule has 0 saturated heterocycles. The molecule has 0 aliphatic rings. The molecule has 0 aliphatic carbocycles. The van der Waals surface area contributed by atoms with Gasteiger partial charge in [-0.25, -0.2) is 9.18 Å². The van der Waals surface area contributed by atoms with Crippen LogP contribution in [0.25, 0.3) is 0 Å². The number of aryl methyl sites for hydroxylation is 1. The molecule has 16 heavy (non-hydrogen) atoms. The lowest BCUT2D eigenvalue weighted by atomic mass is 10.2. The fraction of sp³-hybridized carbons (Fsp3) is 0.250. The molecular weight excluding hydrogens is 209 g/mol. The van der Waals surface area contributed by atoms with Crippen molar-refractivity contribution in [3.05, 3.63) is 41.2 Å². The summed E-state index contributed by atoms with van der Waals surface area (Å²) in [5.41, 5.74) is 1.85. The second-order valence-corrected chi connectivity index (χ2v) is 3.61. The molecule has 4 heteroatoms. The molecule has 0 fully saturated rings. The quantitative estimate of drug-likeness (QED) is 0.771. The van der Waals surface area contributed by atoms with Crippen molar-refractivity contribution in [3.8, 4) is 0 Å². The fourth-order valence-electron chi connectivity index (χ4n) is 1.35. The summed E-state index contributed by atoms with van der Waals surface area (Å²) in [5.74, 6) is -1.33. The van der Waals surface area contributed by atoms with Gasteiger partial charge in [0.05, 0.1) is 5.69 Å². The zero-order chi connectivity index (χ0) is 12.1. The summed E-state index contributed by atoms with van der Waals surface area (Å²) in [7, 11) is 0. The summed E-state index contributed by atoms with van der Waals surface area (Å²) >= 11 is 0. The molecular formula is C12H14FNO2.